The summed E-state index contributed by atoms with van der Waals surface area (Å²) in [6, 6.07) is 0. The highest BCUT2D eigenvalue weighted by atomic mass is 33.1. The van der Waals surface area contributed by atoms with Gasteiger partial charge in [0.25, 0.3) is 0 Å². The van der Waals surface area contributed by atoms with Gasteiger partial charge in [-0.1, -0.05) is 0 Å². The van der Waals surface area contributed by atoms with E-state index < -0.39 is 10.0 Å². The molecule has 1 aliphatic heterocycles. The number of nitrogens with one attached hydrogen (secondary N) is 1. The van der Waals surface area contributed by atoms with Crippen LogP contribution in [0.5, 0.6) is 0 Å². The third-order valence-corrected chi connectivity index (χ3v) is 2.73. The molecule has 30 valence electrons. The van der Waals surface area contributed by atoms with Gasteiger partial charge in [0, 0.05) is 0 Å². The van der Waals surface area contributed by atoms with E-state index in [4.69, 9.17) is 0 Å². The molecule has 0 aromatic heterocycles. The van der Waals surface area contributed by atoms with Gasteiger partial charge in [0.05, 0.1) is 5.88 Å². The van der Waals surface area contributed by atoms with Crippen molar-refractivity contribution in [2.24, 2.45) is 0 Å². The topological polar surface area (TPSA) is 29.1 Å². The first-order chi connectivity index (χ1) is 2.39. The molecule has 1 saturated heterocycles. The van der Waals surface area contributed by atoms with Crippen molar-refractivity contribution in [2.45, 2.75) is 0 Å². The first-order valence-corrected chi connectivity index (χ1v) is 3.83. The first-order valence-electron chi connectivity index (χ1n) is 1.18. The van der Waals surface area contributed by atoms with E-state index in [0.717, 1.165) is 5.88 Å². The van der Waals surface area contributed by atoms with E-state index in [1.807, 2.05) is 0 Å². The molecule has 0 aromatic carbocycles. The second-order valence-corrected chi connectivity index (χ2v) is 3.54. The summed E-state index contributed by atoms with van der Waals surface area (Å²) in [7, 11) is 0.696. The van der Waals surface area contributed by atoms with Crippen molar-refractivity contribution in [1.82, 2.24) is 4.72 Å². The van der Waals surface area contributed by atoms with Gasteiger partial charge >= 0.3 is 0 Å². The van der Waals surface area contributed by atoms with E-state index in [1.54, 1.807) is 0 Å². The molecule has 0 spiro atoms. The fraction of sp³-hybridized carbons (Fsp3) is 1.00. The van der Waals surface area contributed by atoms with Crippen molar-refractivity contribution < 1.29 is 4.21 Å². The smallest absolute Gasteiger partial charge is 0.155 e. The van der Waals surface area contributed by atoms with Crippen LogP contribution in [0.1, 0.15) is 0 Å². The summed E-state index contributed by atoms with van der Waals surface area (Å²) < 4.78 is 12.5. The highest BCUT2D eigenvalue weighted by Gasteiger charge is 2.07. The van der Waals surface area contributed by atoms with Crippen LogP contribution in [0.15, 0.2) is 0 Å². The van der Waals surface area contributed by atoms with Gasteiger partial charge in [-0.3, -0.25) is 0 Å². The molecule has 1 fully saturated rings. The molecule has 1 rings (SSSR count). The minimum Gasteiger partial charge on any atom is -0.231 e. The molecule has 0 aromatic rings. The minimum absolute atomic E-state index is 0.725. The van der Waals surface area contributed by atoms with Gasteiger partial charge in [0.1, 0.15) is 0 Å². The van der Waals surface area contributed by atoms with Crippen molar-refractivity contribution >= 4 is 20.8 Å². The normalized spacial score (nSPS) is 36.4. The summed E-state index contributed by atoms with van der Waals surface area (Å²) in [5.41, 5.74) is 0. The molecule has 1 aliphatic rings. The molecule has 0 saturated carbocycles. The number of hydrogen-bond acceptors (Lipinski definition) is 2. The molecule has 1 atom stereocenters. The Morgan fingerprint density at radius 1 is 2.00 bits per heavy atom. The quantitative estimate of drug-likeness (QED) is 0.439. The molecule has 2 nitrogen and oxygen atoms in total. The summed E-state index contributed by atoms with van der Waals surface area (Å²) in [5.74, 6) is 0.854. The molecular formula is CH3NOS2. The zero-order valence-electron chi connectivity index (χ0n) is 2.43. The Labute approximate surface area is 36.3 Å². The van der Waals surface area contributed by atoms with E-state index >= 15 is 0 Å². The fourth-order valence-electron chi connectivity index (χ4n) is 0.107. The Kier molecular flexibility index (Phi) is 0.932. The molecule has 5 heavy (non-hydrogen) atoms. The average Bonchev–Trinajstić information content (AvgIpc) is 1.30. The van der Waals surface area contributed by atoms with Crippen LogP contribution in [0, 0.1) is 0 Å². The predicted octanol–water partition coefficient (Wildman–Crippen LogP) is -0.141. The van der Waals surface area contributed by atoms with Gasteiger partial charge in [-0.05, 0) is 10.8 Å². The van der Waals surface area contributed by atoms with E-state index in [-0.39, 0.29) is 0 Å². The monoisotopic (exact) mass is 109 g/mol. The van der Waals surface area contributed by atoms with Gasteiger partial charge in [-0.2, -0.15) is 0 Å². The lowest BCUT2D eigenvalue weighted by Gasteiger charge is -2.08. The number of hydrogen-bond donors (Lipinski definition) is 1. The van der Waals surface area contributed by atoms with Gasteiger partial charge in [0.15, 0.2) is 10.0 Å². The maximum Gasteiger partial charge on any atom is 0.155 e. The van der Waals surface area contributed by atoms with Crippen molar-refractivity contribution in [3.05, 3.63) is 0 Å². The Bertz CT molecular complexity index is 56.7. The third kappa shape index (κ3) is 0.647. The average molecular weight is 109 g/mol. The molecule has 1 unspecified atom stereocenters. The van der Waals surface area contributed by atoms with E-state index in [1.165, 1.54) is 10.8 Å². The fourth-order valence-corrected chi connectivity index (χ4v) is 0.963. The lowest BCUT2D eigenvalue weighted by atomic mass is 11.5. The maximum absolute atomic E-state index is 9.86. The molecule has 0 bridgehead atoms. The van der Waals surface area contributed by atoms with Crippen LogP contribution < -0.4 is 4.72 Å². The first kappa shape index (κ1) is 3.64. The van der Waals surface area contributed by atoms with Gasteiger partial charge in [-0.15, -0.1) is 0 Å². The second kappa shape index (κ2) is 1.28. The summed E-state index contributed by atoms with van der Waals surface area (Å²) >= 11 is 0. The van der Waals surface area contributed by atoms with E-state index in [2.05, 4.69) is 4.72 Å². The number of rotatable bonds is 0. The van der Waals surface area contributed by atoms with Gasteiger partial charge in [0.2, 0.25) is 0 Å². The summed E-state index contributed by atoms with van der Waals surface area (Å²) in [6.45, 7) is 0. The zero-order valence-corrected chi connectivity index (χ0v) is 4.06. The maximum atomic E-state index is 9.86. The zero-order chi connectivity index (χ0) is 3.70. The molecule has 0 radical (unpaired) electrons. The lowest BCUT2D eigenvalue weighted by molar-refractivity contribution is 0.684. The minimum atomic E-state index is -0.725. The second-order valence-electron chi connectivity index (χ2n) is 0.641. The van der Waals surface area contributed by atoms with Crippen LogP contribution in [-0.4, -0.2) is 10.1 Å². The van der Waals surface area contributed by atoms with Crippen molar-refractivity contribution in [2.75, 3.05) is 5.88 Å². The van der Waals surface area contributed by atoms with Crippen molar-refractivity contribution in [1.29, 1.82) is 0 Å². The Morgan fingerprint density at radius 2 is 2.40 bits per heavy atom. The molecule has 0 aliphatic carbocycles. The largest absolute Gasteiger partial charge is 0.231 e. The summed E-state index contributed by atoms with van der Waals surface area (Å²) in [6.07, 6.45) is 0. The van der Waals surface area contributed by atoms with Crippen LogP contribution in [0.25, 0.3) is 0 Å². The van der Waals surface area contributed by atoms with Crippen LogP contribution in [0.3, 0.4) is 0 Å². The Balaban J connectivity index is 2.32. The van der Waals surface area contributed by atoms with Crippen molar-refractivity contribution in [3.8, 4) is 0 Å². The molecule has 0 amide bonds. The Morgan fingerprint density at radius 3 is 2.40 bits per heavy atom. The highest BCUT2D eigenvalue weighted by Crippen LogP contribution is 2.11. The Hall–Kier alpha value is 0.460. The van der Waals surface area contributed by atoms with Crippen LogP contribution in [0.4, 0.5) is 0 Å². The standard InChI is InChI=1S/CH3NOS2/c3-5-2-1-4-5/h2H,1H2. The van der Waals surface area contributed by atoms with Crippen LogP contribution in [-0.2, 0) is 10.0 Å². The summed E-state index contributed by atoms with van der Waals surface area (Å²) in [5, 5.41) is 0. The molecular weight excluding hydrogens is 106 g/mol. The predicted molar refractivity (Wildman–Crippen MR) is 23.7 cm³/mol. The summed E-state index contributed by atoms with van der Waals surface area (Å²) in [4.78, 5) is 0. The molecule has 4 heteroatoms. The highest BCUT2D eigenvalue weighted by molar-refractivity contribution is 8.71. The van der Waals surface area contributed by atoms with E-state index in [0.29, 0.717) is 0 Å². The van der Waals surface area contributed by atoms with Crippen LogP contribution >= 0.6 is 10.8 Å². The molecule has 1 heterocycles. The molecule has 1 N–H and O–H groups in total. The SMILES string of the molecule is O=S1NCS1. The van der Waals surface area contributed by atoms with Gasteiger partial charge in [-0.25, -0.2) is 8.93 Å². The van der Waals surface area contributed by atoms with Crippen LogP contribution in [0.2, 0.25) is 0 Å². The van der Waals surface area contributed by atoms with E-state index in [9.17, 15) is 4.21 Å². The van der Waals surface area contributed by atoms with Crippen molar-refractivity contribution in [3.63, 3.8) is 0 Å². The third-order valence-electron chi connectivity index (χ3n) is 0.343. The lowest BCUT2D eigenvalue weighted by Crippen LogP contribution is -2.24. The van der Waals surface area contributed by atoms with Gasteiger partial charge < -0.3 is 0 Å².